The van der Waals surface area contributed by atoms with Gasteiger partial charge in [0, 0.05) is 20.2 Å². The summed E-state index contributed by atoms with van der Waals surface area (Å²) >= 11 is 0. The zero-order valence-electron chi connectivity index (χ0n) is 19.4. The minimum absolute atomic E-state index is 0.0621. The third-order valence-electron chi connectivity index (χ3n) is 4.02. The molecule has 0 aromatic rings. The van der Waals surface area contributed by atoms with Crippen LogP contribution in [0.2, 0.25) is 0 Å². The molecule has 0 saturated carbocycles. The number of nitrogens with one attached hydrogen (secondary N) is 3. The van der Waals surface area contributed by atoms with E-state index in [0.29, 0.717) is 13.2 Å². The van der Waals surface area contributed by atoms with E-state index in [9.17, 15) is 24.6 Å². The molecule has 0 aliphatic heterocycles. The van der Waals surface area contributed by atoms with Crippen molar-refractivity contribution in [3.05, 3.63) is 0 Å². The Hall–Kier alpha value is -1.79. The molecule has 0 aromatic carbocycles. The highest BCUT2D eigenvalue weighted by Gasteiger charge is 2.39. The number of ether oxygens (including phenoxy) is 3. The van der Waals surface area contributed by atoms with Crippen molar-refractivity contribution in [2.45, 2.75) is 52.9 Å². The van der Waals surface area contributed by atoms with E-state index in [2.05, 4.69) is 16.0 Å². The fraction of sp³-hybridized carbons (Fsp3) is 0.850. The lowest BCUT2D eigenvalue weighted by Gasteiger charge is -2.31. The average Bonchev–Trinajstić information content (AvgIpc) is 2.64. The van der Waals surface area contributed by atoms with E-state index in [4.69, 9.17) is 14.2 Å². The van der Waals surface area contributed by atoms with Crippen molar-refractivity contribution in [3.8, 4) is 0 Å². The van der Waals surface area contributed by atoms with E-state index in [1.165, 1.54) is 0 Å². The zero-order chi connectivity index (χ0) is 24.1. The average molecular weight is 450 g/mol. The van der Waals surface area contributed by atoms with Crippen LogP contribution in [0.1, 0.15) is 41.0 Å². The molecule has 0 aliphatic carbocycles. The normalized spacial score (nSPS) is 13.1. The molecule has 0 fully saturated rings. The number of carbonyl (C=O) groups is 3. The minimum Gasteiger partial charge on any atom is -0.382 e. The molecule has 0 aliphatic rings. The molecule has 0 saturated heterocycles. The highest BCUT2D eigenvalue weighted by atomic mass is 16.7. The third-order valence-corrected chi connectivity index (χ3v) is 4.02. The predicted octanol–water partition coefficient (Wildman–Crippen LogP) is -0.886. The highest BCUT2D eigenvalue weighted by molar-refractivity contribution is 5.92. The molecule has 3 amide bonds. The van der Waals surface area contributed by atoms with Crippen molar-refractivity contribution in [1.82, 2.24) is 16.0 Å². The molecule has 182 valence electrons. The molecule has 0 aromatic heterocycles. The SMILES string of the molecule is COCCOCOCCNC(=O)[C@@H](NC(=O)CC(O)(O)C(=O)NCC(C)C)C(C)(C)C. The van der Waals surface area contributed by atoms with Gasteiger partial charge in [-0.1, -0.05) is 34.6 Å². The van der Waals surface area contributed by atoms with Crippen LogP contribution in [0.3, 0.4) is 0 Å². The molecule has 0 radical (unpaired) electrons. The number of amides is 3. The second-order valence-corrected chi connectivity index (χ2v) is 8.68. The van der Waals surface area contributed by atoms with Crippen LogP contribution < -0.4 is 16.0 Å². The molecule has 1 atom stereocenters. The van der Waals surface area contributed by atoms with Gasteiger partial charge in [0.05, 0.1) is 26.2 Å². The summed E-state index contributed by atoms with van der Waals surface area (Å²) in [4.78, 5) is 36.8. The summed E-state index contributed by atoms with van der Waals surface area (Å²) in [5, 5.41) is 27.4. The van der Waals surface area contributed by atoms with Crippen molar-refractivity contribution in [1.29, 1.82) is 0 Å². The topological polar surface area (TPSA) is 155 Å². The van der Waals surface area contributed by atoms with Crippen molar-refractivity contribution in [3.63, 3.8) is 0 Å². The van der Waals surface area contributed by atoms with Crippen LogP contribution >= 0.6 is 0 Å². The molecule has 11 nitrogen and oxygen atoms in total. The Labute approximate surface area is 184 Å². The lowest BCUT2D eigenvalue weighted by Crippen LogP contribution is -2.56. The van der Waals surface area contributed by atoms with Gasteiger partial charge in [-0.3, -0.25) is 14.4 Å². The predicted molar refractivity (Wildman–Crippen MR) is 113 cm³/mol. The summed E-state index contributed by atoms with van der Waals surface area (Å²) in [6, 6.07) is -0.965. The monoisotopic (exact) mass is 449 g/mol. The summed E-state index contributed by atoms with van der Waals surface area (Å²) < 4.78 is 15.2. The largest absolute Gasteiger partial charge is 0.382 e. The third kappa shape index (κ3) is 13.3. The molecule has 0 spiro atoms. The van der Waals surface area contributed by atoms with Crippen molar-refractivity contribution in [2.75, 3.05) is 46.8 Å². The van der Waals surface area contributed by atoms with E-state index < -0.39 is 41.4 Å². The Morgan fingerprint density at radius 3 is 2.13 bits per heavy atom. The van der Waals surface area contributed by atoms with Crippen LogP contribution in [-0.2, 0) is 28.6 Å². The van der Waals surface area contributed by atoms with Crippen LogP contribution in [0.4, 0.5) is 0 Å². The standard InChI is InChI=1S/C20H39N3O8/c1-14(2)12-22-18(26)20(27,28)11-15(24)23-16(19(3,4)5)17(25)21-7-8-30-13-31-10-9-29-6/h14,16,27-28H,7-13H2,1-6H3,(H,21,25)(H,22,26)(H,23,24)/t16-/m1/s1. The quantitative estimate of drug-likeness (QED) is 0.159. The van der Waals surface area contributed by atoms with Gasteiger partial charge in [0.1, 0.15) is 12.8 Å². The van der Waals surface area contributed by atoms with Gasteiger partial charge in [-0.05, 0) is 11.3 Å². The van der Waals surface area contributed by atoms with Crippen LogP contribution in [0.25, 0.3) is 0 Å². The van der Waals surface area contributed by atoms with Gasteiger partial charge in [-0.15, -0.1) is 0 Å². The molecule has 31 heavy (non-hydrogen) atoms. The van der Waals surface area contributed by atoms with Crippen molar-refractivity contribution < 1.29 is 38.8 Å². The van der Waals surface area contributed by atoms with E-state index in [0.717, 1.165) is 0 Å². The van der Waals surface area contributed by atoms with Gasteiger partial charge in [0.15, 0.2) is 0 Å². The summed E-state index contributed by atoms with van der Waals surface area (Å²) in [5.74, 6) is -5.16. The molecular weight excluding hydrogens is 410 g/mol. The lowest BCUT2D eigenvalue weighted by atomic mass is 9.86. The first-order chi connectivity index (χ1) is 14.3. The summed E-state index contributed by atoms with van der Waals surface area (Å²) in [7, 11) is 1.56. The molecule has 0 heterocycles. The maximum Gasteiger partial charge on any atom is 0.280 e. The molecule has 11 heteroatoms. The minimum atomic E-state index is -2.88. The van der Waals surface area contributed by atoms with E-state index in [-0.39, 0.29) is 32.4 Å². The summed E-state index contributed by atoms with van der Waals surface area (Å²) in [6.07, 6.45) is -0.904. The van der Waals surface area contributed by atoms with Crippen molar-refractivity contribution in [2.24, 2.45) is 11.3 Å². The maximum atomic E-state index is 12.5. The smallest absolute Gasteiger partial charge is 0.280 e. The number of hydrogen-bond donors (Lipinski definition) is 5. The number of carbonyl (C=O) groups excluding carboxylic acids is 3. The number of aliphatic hydroxyl groups is 2. The molecule has 0 rings (SSSR count). The van der Waals surface area contributed by atoms with Gasteiger partial charge in [-0.2, -0.15) is 0 Å². The Morgan fingerprint density at radius 2 is 1.58 bits per heavy atom. The summed E-state index contributed by atoms with van der Waals surface area (Å²) in [6.45, 7) is 10.5. The second kappa shape index (κ2) is 14.3. The van der Waals surface area contributed by atoms with Crippen molar-refractivity contribution >= 4 is 17.7 Å². The van der Waals surface area contributed by atoms with E-state index in [1.807, 2.05) is 13.8 Å². The molecular formula is C20H39N3O8. The van der Waals surface area contributed by atoms with Gasteiger partial charge in [0.25, 0.3) is 11.7 Å². The van der Waals surface area contributed by atoms with Crippen LogP contribution in [0, 0.1) is 11.3 Å². The maximum absolute atomic E-state index is 12.5. The molecule has 0 unspecified atom stereocenters. The first kappa shape index (κ1) is 29.2. The lowest BCUT2D eigenvalue weighted by molar-refractivity contribution is -0.189. The van der Waals surface area contributed by atoms with Gasteiger partial charge in [-0.25, -0.2) is 0 Å². The fourth-order valence-corrected chi connectivity index (χ4v) is 2.30. The first-order valence-electron chi connectivity index (χ1n) is 10.3. The van der Waals surface area contributed by atoms with E-state index in [1.54, 1.807) is 27.9 Å². The van der Waals surface area contributed by atoms with Crippen LogP contribution in [0.15, 0.2) is 0 Å². The zero-order valence-corrected chi connectivity index (χ0v) is 19.4. The molecule has 5 N–H and O–H groups in total. The Balaban J connectivity index is 4.62. The first-order valence-corrected chi connectivity index (χ1v) is 10.3. The van der Waals surface area contributed by atoms with Crippen LogP contribution in [0.5, 0.6) is 0 Å². The highest BCUT2D eigenvalue weighted by Crippen LogP contribution is 2.20. The van der Waals surface area contributed by atoms with Crippen LogP contribution in [-0.4, -0.2) is 86.6 Å². The molecule has 0 bridgehead atoms. The number of methoxy groups -OCH3 is 1. The Kier molecular flexibility index (Phi) is 13.5. The Bertz CT molecular complexity index is 561. The second-order valence-electron chi connectivity index (χ2n) is 8.68. The van der Waals surface area contributed by atoms with Gasteiger partial charge in [0.2, 0.25) is 11.8 Å². The fourth-order valence-electron chi connectivity index (χ4n) is 2.30. The van der Waals surface area contributed by atoms with E-state index >= 15 is 0 Å². The van der Waals surface area contributed by atoms with Gasteiger partial charge >= 0.3 is 0 Å². The number of hydrogen-bond acceptors (Lipinski definition) is 8. The van der Waals surface area contributed by atoms with Gasteiger partial charge < -0.3 is 40.4 Å². The Morgan fingerprint density at radius 1 is 0.968 bits per heavy atom. The summed E-state index contributed by atoms with van der Waals surface area (Å²) in [5.41, 5.74) is -0.669. The number of rotatable bonds is 15.